The number of rotatable bonds is 16. The molecule has 0 unspecified atom stereocenters. The first-order valence-corrected chi connectivity index (χ1v) is 25.9. The Morgan fingerprint density at radius 2 is 1.00 bits per heavy atom. The predicted molar refractivity (Wildman–Crippen MR) is 274 cm³/mol. The lowest BCUT2D eigenvalue weighted by Gasteiger charge is -2.09. The lowest BCUT2D eigenvalue weighted by atomic mass is 10.1. The second kappa shape index (κ2) is 23.7. The van der Waals surface area contributed by atoms with Gasteiger partial charge in [0.1, 0.15) is 42.6 Å². The molecule has 0 atom stereocenters. The van der Waals surface area contributed by atoms with E-state index in [0.717, 1.165) is 63.0 Å². The highest BCUT2D eigenvalue weighted by molar-refractivity contribution is 8.13. The van der Waals surface area contributed by atoms with Crippen molar-refractivity contribution in [3.05, 3.63) is 188 Å². The molecular formula is C50H47ClN6O12S2. The van der Waals surface area contributed by atoms with Crippen LogP contribution in [0.4, 0.5) is 11.4 Å². The number of aliphatic hydroxyl groups excluding tert-OH is 1. The van der Waals surface area contributed by atoms with Gasteiger partial charge in [0.25, 0.3) is 21.5 Å². The van der Waals surface area contributed by atoms with Gasteiger partial charge in [-0.15, -0.1) is 0 Å². The van der Waals surface area contributed by atoms with Gasteiger partial charge in [-0.25, -0.2) is 18.4 Å². The molecule has 21 heteroatoms. The van der Waals surface area contributed by atoms with Crippen LogP contribution in [0.5, 0.6) is 11.5 Å². The van der Waals surface area contributed by atoms with Crippen molar-refractivity contribution in [3.8, 4) is 34.0 Å². The molecule has 18 nitrogen and oxygen atoms in total. The summed E-state index contributed by atoms with van der Waals surface area (Å²) in [4.78, 5) is 30.5. The van der Waals surface area contributed by atoms with E-state index in [1.807, 2.05) is 138 Å². The Morgan fingerprint density at radius 1 is 0.592 bits per heavy atom. The van der Waals surface area contributed by atoms with Gasteiger partial charge >= 0.3 is 0 Å². The Balaban J connectivity index is 0.000000213. The molecule has 8 rings (SSSR count). The van der Waals surface area contributed by atoms with E-state index < -0.39 is 29.0 Å². The van der Waals surface area contributed by atoms with Crippen molar-refractivity contribution in [2.45, 2.75) is 13.8 Å². The number of aliphatic hydroxyl groups is 1. The third-order valence-corrected chi connectivity index (χ3v) is 10.5. The first-order valence-electron chi connectivity index (χ1n) is 21.4. The number of non-ortho nitro benzene ring substituents is 2. The fraction of sp³-hybridized carbons (Fsp3) is 0.160. The molecular weight excluding hydrogens is 976 g/mol. The number of halogens is 1. The van der Waals surface area contributed by atoms with Crippen molar-refractivity contribution in [1.82, 2.24) is 18.8 Å². The van der Waals surface area contributed by atoms with Crippen LogP contribution in [0.15, 0.2) is 134 Å². The van der Waals surface area contributed by atoms with E-state index in [9.17, 15) is 37.1 Å². The van der Waals surface area contributed by atoms with Gasteiger partial charge in [-0.05, 0) is 60.4 Å². The summed E-state index contributed by atoms with van der Waals surface area (Å²) in [5, 5.41) is 31.2. The normalized spacial score (nSPS) is 11.6. The number of fused-ring (bicyclic) bond motifs is 2. The van der Waals surface area contributed by atoms with Gasteiger partial charge in [-0.2, -0.15) is 8.42 Å². The van der Waals surface area contributed by atoms with E-state index in [4.69, 9.17) is 14.6 Å². The summed E-state index contributed by atoms with van der Waals surface area (Å²) in [6.45, 7) is 3.69. The molecule has 368 valence electrons. The Kier molecular flexibility index (Phi) is 17.6. The minimum Gasteiger partial charge on any atom is -0.490 e. The highest BCUT2D eigenvalue weighted by Crippen LogP contribution is 2.29. The fourth-order valence-electron chi connectivity index (χ4n) is 6.68. The third-order valence-electron chi connectivity index (χ3n) is 9.92. The lowest BCUT2D eigenvalue weighted by molar-refractivity contribution is -0.385. The van der Waals surface area contributed by atoms with E-state index in [1.165, 1.54) is 29.8 Å². The third kappa shape index (κ3) is 16.2. The zero-order valence-electron chi connectivity index (χ0n) is 38.7. The van der Waals surface area contributed by atoms with E-state index in [2.05, 4.69) is 24.8 Å². The van der Waals surface area contributed by atoms with Crippen molar-refractivity contribution in [2.75, 3.05) is 38.9 Å². The average molecular weight is 1020 g/mol. The largest absolute Gasteiger partial charge is 0.490 e. The van der Waals surface area contributed by atoms with Crippen molar-refractivity contribution >= 4 is 76.8 Å². The maximum absolute atomic E-state index is 11.1. The monoisotopic (exact) mass is 1020 g/mol. The molecule has 1 N–H and O–H groups in total. The number of nitro benzene ring substituents is 2. The smallest absolute Gasteiger partial charge is 0.273 e. The maximum atomic E-state index is 11.1. The van der Waals surface area contributed by atoms with Crippen LogP contribution < -0.4 is 9.47 Å². The zero-order valence-corrected chi connectivity index (χ0v) is 41.0. The summed E-state index contributed by atoms with van der Waals surface area (Å²) in [5.41, 5.74) is 10.9. The minimum absolute atomic E-state index is 0.0582. The first kappa shape index (κ1) is 52.6. The van der Waals surface area contributed by atoms with E-state index in [-0.39, 0.29) is 43.6 Å². The van der Waals surface area contributed by atoms with E-state index >= 15 is 0 Å². The van der Waals surface area contributed by atoms with Crippen LogP contribution in [-0.2, 0) is 23.4 Å². The summed E-state index contributed by atoms with van der Waals surface area (Å²) in [6, 6.07) is 32.6. The van der Waals surface area contributed by atoms with Crippen LogP contribution in [0.3, 0.4) is 0 Å². The molecule has 0 bridgehead atoms. The number of imidazole rings is 2. The average Bonchev–Trinajstić information content (AvgIpc) is 3.95. The number of benzene rings is 4. The zero-order chi connectivity index (χ0) is 51.3. The number of pyridine rings is 2. The van der Waals surface area contributed by atoms with Gasteiger partial charge in [0, 0.05) is 69.9 Å². The molecule has 4 heterocycles. The van der Waals surface area contributed by atoms with Crippen molar-refractivity contribution in [1.29, 1.82) is 0 Å². The summed E-state index contributed by atoms with van der Waals surface area (Å²) >= 11 is 0. The Hall–Kier alpha value is -7.75. The van der Waals surface area contributed by atoms with Crippen LogP contribution in [0.2, 0.25) is 0 Å². The van der Waals surface area contributed by atoms with E-state index in [0.29, 0.717) is 16.9 Å². The van der Waals surface area contributed by atoms with Crippen LogP contribution in [0.1, 0.15) is 33.4 Å². The lowest BCUT2D eigenvalue weighted by Crippen LogP contribution is -2.11. The Labute approximate surface area is 413 Å². The van der Waals surface area contributed by atoms with Gasteiger partial charge in [-0.1, -0.05) is 85.0 Å². The molecule has 0 amide bonds. The quantitative estimate of drug-likeness (QED) is 0.0237. The number of ether oxygens (including phenoxy) is 2. The summed E-state index contributed by atoms with van der Waals surface area (Å²) < 4.78 is 60.7. The topological polar surface area (TPSA) is 237 Å². The SMILES string of the molecule is CS(=O)(=O)Cl.Cc1ccc2nc(-c3ccc(/C=C/c4ccc([N+](=O)[O-])cc4OCCO)cc3)cn2c1.Cc1ccc2nc(-c3ccc(/C=C/c4ccc([N+](=O)[O-])cc4OCCOS(C)(=O)=O)cc3)cn2c1. The number of nitrogens with zero attached hydrogens (tertiary/aromatic N) is 6. The standard InChI is InChI=1S/C25H23N3O6S.C24H21N3O4.CH3ClO2S/c1-18-3-12-25-26-23(17-27(25)16-18)20-7-4-19(5-8-20)6-9-21-10-11-22(28(29)30)15-24(21)33-13-14-34-35(2,31)32;1-17-2-11-24-25-22(16-26(24)15-17)19-6-3-18(4-7-19)5-8-20-9-10-21(27(29)30)14-23(20)31-13-12-28;1-5(2,3)4/h3-12,15-17H,13-14H2,1-2H3;2-11,14-16,28H,12-13H2,1H3;1H3/b9-6+;8-5+;. The Bertz CT molecular complexity index is 3460. The van der Waals surface area contributed by atoms with Gasteiger partial charge in [0.2, 0.25) is 9.05 Å². The predicted octanol–water partition coefficient (Wildman–Crippen LogP) is 9.69. The second-order valence-electron chi connectivity index (χ2n) is 15.7. The first-order chi connectivity index (χ1) is 33.7. The Morgan fingerprint density at radius 3 is 1.38 bits per heavy atom. The van der Waals surface area contributed by atoms with Crippen molar-refractivity contribution in [2.24, 2.45) is 0 Å². The van der Waals surface area contributed by atoms with Crippen LogP contribution >= 0.6 is 10.7 Å². The molecule has 0 radical (unpaired) electrons. The fourth-order valence-corrected chi connectivity index (χ4v) is 7.05. The van der Waals surface area contributed by atoms with Crippen molar-refractivity contribution < 1.29 is 45.4 Å². The van der Waals surface area contributed by atoms with E-state index in [1.54, 1.807) is 18.2 Å². The van der Waals surface area contributed by atoms with Gasteiger partial charge in [-0.3, -0.25) is 24.4 Å². The highest BCUT2D eigenvalue weighted by atomic mass is 35.7. The summed E-state index contributed by atoms with van der Waals surface area (Å²) in [6.07, 6.45) is 17.3. The van der Waals surface area contributed by atoms with Gasteiger partial charge in [0.05, 0.1) is 52.5 Å². The molecule has 0 aliphatic rings. The maximum Gasteiger partial charge on any atom is 0.273 e. The summed E-state index contributed by atoms with van der Waals surface area (Å²) in [7, 11) is -2.29. The molecule has 0 saturated heterocycles. The molecule has 4 aromatic carbocycles. The number of hydrogen-bond donors (Lipinski definition) is 1. The van der Waals surface area contributed by atoms with Crippen LogP contribution in [-0.4, -0.2) is 89.5 Å². The van der Waals surface area contributed by atoms with Crippen molar-refractivity contribution in [3.63, 3.8) is 0 Å². The number of hydrogen-bond acceptors (Lipinski definition) is 14. The van der Waals surface area contributed by atoms with Gasteiger partial charge in [0.15, 0.2) is 0 Å². The number of aromatic nitrogens is 4. The van der Waals surface area contributed by atoms with Crippen LogP contribution in [0, 0.1) is 34.1 Å². The molecule has 0 saturated carbocycles. The number of aryl methyl sites for hydroxylation is 2. The molecule has 71 heavy (non-hydrogen) atoms. The van der Waals surface area contributed by atoms with Gasteiger partial charge < -0.3 is 23.4 Å². The molecule has 0 spiro atoms. The molecule has 4 aromatic heterocycles. The van der Waals surface area contributed by atoms with Crippen LogP contribution in [0.25, 0.3) is 58.1 Å². The highest BCUT2D eigenvalue weighted by Gasteiger charge is 2.13. The molecule has 0 fully saturated rings. The minimum atomic E-state index is -3.60. The summed E-state index contributed by atoms with van der Waals surface area (Å²) in [5.74, 6) is 0.611. The molecule has 8 aromatic rings. The number of nitro groups is 2. The second-order valence-corrected chi connectivity index (χ2v) is 20.4. The molecule has 0 aliphatic carbocycles. The molecule has 0 aliphatic heterocycles.